The number of nitrogens with one attached hydrogen (secondary N) is 2. The number of hydrogen-bond donors (Lipinski definition) is 2. The van der Waals surface area contributed by atoms with Gasteiger partial charge in [-0.3, -0.25) is 0 Å². The van der Waals surface area contributed by atoms with Crippen molar-refractivity contribution in [3.8, 4) is 0 Å². The van der Waals surface area contributed by atoms with Gasteiger partial charge in [-0.2, -0.15) is 0 Å². The molecule has 1 saturated carbocycles. The normalized spacial score (nSPS) is 22.4. The second-order valence-electron chi connectivity index (χ2n) is 6.15. The first-order valence-corrected chi connectivity index (χ1v) is 7.79. The fraction of sp³-hybridized carbons (Fsp3) is 0.733. The van der Waals surface area contributed by atoms with E-state index in [1.54, 1.807) is 7.11 Å². The van der Waals surface area contributed by atoms with Crippen molar-refractivity contribution < 1.29 is 9.53 Å². The van der Waals surface area contributed by atoms with Crippen LogP contribution in [0.2, 0.25) is 0 Å². The summed E-state index contributed by atoms with van der Waals surface area (Å²) in [5.74, 6) is 2.24. The maximum atomic E-state index is 12.0. The summed E-state index contributed by atoms with van der Waals surface area (Å²) in [6, 6.07) is 0.0852. The van der Waals surface area contributed by atoms with Gasteiger partial charge in [-0.25, -0.2) is 9.78 Å². The van der Waals surface area contributed by atoms with Crippen molar-refractivity contribution in [2.24, 2.45) is 11.8 Å². The van der Waals surface area contributed by atoms with E-state index in [9.17, 15) is 4.79 Å². The minimum atomic E-state index is -0.0691. The fourth-order valence-corrected chi connectivity index (χ4v) is 3.03. The molecule has 3 rings (SSSR count). The molecule has 1 aromatic rings. The summed E-state index contributed by atoms with van der Waals surface area (Å²) < 4.78 is 7.36. The molecule has 1 aliphatic heterocycles. The van der Waals surface area contributed by atoms with Crippen molar-refractivity contribution in [3.05, 3.63) is 18.2 Å². The lowest BCUT2D eigenvalue weighted by Crippen LogP contribution is -2.47. The Morgan fingerprint density at radius 3 is 3.14 bits per heavy atom. The van der Waals surface area contributed by atoms with E-state index >= 15 is 0 Å². The monoisotopic (exact) mass is 292 g/mol. The number of nitrogens with zero attached hydrogens (tertiary/aromatic N) is 2. The SMILES string of the molecule is COCC(NC(=O)NCC1CCc2nccn2C1)C1CC1. The van der Waals surface area contributed by atoms with Crippen molar-refractivity contribution >= 4 is 6.03 Å². The van der Waals surface area contributed by atoms with Crippen molar-refractivity contribution in [1.29, 1.82) is 0 Å². The number of aryl methyl sites for hydroxylation is 1. The molecule has 0 aromatic carbocycles. The Hall–Kier alpha value is -1.56. The van der Waals surface area contributed by atoms with Crippen LogP contribution >= 0.6 is 0 Å². The van der Waals surface area contributed by atoms with Gasteiger partial charge >= 0.3 is 6.03 Å². The summed E-state index contributed by atoms with van der Waals surface area (Å²) in [5, 5.41) is 6.05. The van der Waals surface area contributed by atoms with Crippen molar-refractivity contribution in [2.45, 2.75) is 38.3 Å². The molecule has 0 spiro atoms. The number of amides is 2. The van der Waals surface area contributed by atoms with Gasteiger partial charge in [-0.15, -0.1) is 0 Å². The Morgan fingerprint density at radius 2 is 2.38 bits per heavy atom. The lowest BCUT2D eigenvalue weighted by molar-refractivity contribution is 0.157. The Bertz CT molecular complexity index is 484. The second-order valence-corrected chi connectivity index (χ2v) is 6.15. The van der Waals surface area contributed by atoms with E-state index in [0.717, 1.165) is 25.2 Å². The van der Waals surface area contributed by atoms with E-state index in [4.69, 9.17) is 4.74 Å². The van der Waals surface area contributed by atoms with Crippen LogP contribution in [0.1, 0.15) is 25.1 Å². The summed E-state index contributed by atoms with van der Waals surface area (Å²) in [5.41, 5.74) is 0. The van der Waals surface area contributed by atoms with Gasteiger partial charge in [0.2, 0.25) is 0 Å². The summed E-state index contributed by atoms with van der Waals surface area (Å²) in [7, 11) is 1.68. The molecule has 6 nitrogen and oxygen atoms in total. The molecule has 1 aliphatic carbocycles. The molecule has 0 radical (unpaired) electrons. The highest BCUT2D eigenvalue weighted by atomic mass is 16.5. The molecule has 1 aromatic heterocycles. The number of urea groups is 1. The molecular formula is C15H24N4O2. The van der Waals surface area contributed by atoms with E-state index in [0.29, 0.717) is 25.0 Å². The Balaban J connectivity index is 1.41. The molecule has 0 saturated heterocycles. The highest BCUT2D eigenvalue weighted by Gasteiger charge is 2.32. The summed E-state index contributed by atoms with van der Waals surface area (Å²) in [4.78, 5) is 16.3. The number of ether oxygens (including phenoxy) is 1. The average molecular weight is 292 g/mol. The molecule has 2 heterocycles. The van der Waals surface area contributed by atoms with Crippen molar-refractivity contribution in [2.75, 3.05) is 20.3 Å². The molecule has 2 aliphatic rings. The van der Waals surface area contributed by atoms with Gasteiger partial charge in [0, 0.05) is 39.0 Å². The fourth-order valence-electron chi connectivity index (χ4n) is 3.03. The third-order valence-corrected chi connectivity index (χ3v) is 4.44. The number of imidazole rings is 1. The van der Waals surface area contributed by atoms with Crippen LogP contribution in [0.3, 0.4) is 0 Å². The number of carbonyl (C=O) groups excluding carboxylic acids is 1. The summed E-state index contributed by atoms with van der Waals surface area (Å²) in [6.45, 7) is 2.26. The van der Waals surface area contributed by atoms with Crippen molar-refractivity contribution in [3.63, 3.8) is 0 Å². The lowest BCUT2D eigenvalue weighted by atomic mass is 9.99. The number of rotatable bonds is 6. The Morgan fingerprint density at radius 1 is 1.52 bits per heavy atom. The number of methoxy groups -OCH3 is 1. The number of carbonyl (C=O) groups is 1. The molecule has 2 atom stereocenters. The van der Waals surface area contributed by atoms with Crippen LogP contribution in [0.5, 0.6) is 0 Å². The van der Waals surface area contributed by atoms with Crippen LogP contribution < -0.4 is 10.6 Å². The predicted octanol–water partition coefficient (Wildman–Crippen LogP) is 1.17. The minimum Gasteiger partial charge on any atom is -0.383 e. The van der Waals surface area contributed by atoms with Crippen LogP contribution in [0, 0.1) is 11.8 Å². The zero-order valence-corrected chi connectivity index (χ0v) is 12.5. The topological polar surface area (TPSA) is 68.2 Å². The number of hydrogen-bond acceptors (Lipinski definition) is 3. The number of aromatic nitrogens is 2. The average Bonchev–Trinajstić information content (AvgIpc) is 3.22. The zero-order valence-electron chi connectivity index (χ0n) is 12.5. The van der Waals surface area contributed by atoms with E-state index in [1.807, 2.05) is 12.4 Å². The van der Waals surface area contributed by atoms with E-state index < -0.39 is 0 Å². The third kappa shape index (κ3) is 3.75. The van der Waals surface area contributed by atoms with Crippen LogP contribution in [0.4, 0.5) is 4.79 Å². The van der Waals surface area contributed by atoms with E-state index in [1.165, 1.54) is 12.8 Å². The maximum absolute atomic E-state index is 12.0. The second kappa shape index (κ2) is 6.47. The van der Waals surface area contributed by atoms with E-state index in [2.05, 4.69) is 20.2 Å². The smallest absolute Gasteiger partial charge is 0.315 e. The summed E-state index contributed by atoms with van der Waals surface area (Å²) in [6.07, 6.45) is 8.34. The highest BCUT2D eigenvalue weighted by Crippen LogP contribution is 2.32. The Labute approximate surface area is 125 Å². The van der Waals surface area contributed by atoms with Crippen LogP contribution in [0.15, 0.2) is 12.4 Å². The molecule has 116 valence electrons. The first-order chi connectivity index (χ1) is 10.3. The minimum absolute atomic E-state index is 0.0691. The summed E-state index contributed by atoms with van der Waals surface area (Å²) >= 11 is 0. The van der Waals surface area contributed by atoms with Gasteiger partial charge in [-0.1, -0.05) is 0 Å². The lowest BCUT2D eigenvalue weighted by Gasteiger charge is -2.24. The highest BCUT2D eigenvalue weighted by molar-refractivity contribution is 5.74. The predicted molar refractivity (Wildman–Crippen MR) is 79.0 cm³/mol. The van der Waals surface area contributed by atoms with Gasteiger partial charge in [0.25, 0.3) is 0 Å². The van der Waals surface area contributed by atoms with Gasteiger partial charge in [0.05, 0.1) is 12.6 Å². The molecular weight excluding hydrogens is 268 g/mol. The quantitative estimate of drug-likeness (QED) is 0.827. The molecule has 1 fully saturated rings. The third-order valence-electron chi connectivity index (χ3n) is 4.44. The standard InChI is InChI=1S/C15H24N4O2/c1-21-10-13(12-3-4-12)18-15(20)17-8-11-2-5-14-16-6-7-19(14)9-11/h6-7,11-13H,2-5,8-10H2,1H3,(H2,17,18,20). The largest absolute Gasteiger partial charge is 0.383 e. The molecule has 21 heavy (non-hydrogen) atoms. The molecule has 2 N–H and O–H groups in total. The van der Waals surface area contributed by atoms with Gasteiger partial charge in [-0.05, 0) is 31.1 Å². The zero-order chi connectivity index (χ0) is 14.7. The van der Waals surface area contributed by atoms with E-state index in [-0.39, 0.29) is 12.1 Å². The first-order valence-electron chi connectivity index (χ1n) is 7.79. The maximum Gasteiger partial charge on any atom is 0.315 e. The molecule has 2 unspecified atom stereocenters. The van der Waals surface area contributed by atoms with Crippen molar-refractivity contribution in [1.82, 2.24) is 20.2 Å². The van der Waals surface area contributed by atoms with Crippen LogP contribution in [0.25, 0.3) is 0 Å². The number of fused-ring (bicyclic) bond motifs is 1. The van der Waals surface area contributed by atoms with Gasteiger partial charge in [0.1, 0.15) is 5.82 Å². The van der Waals surface area contributed by atoms with Gasteiger partial charge < -0.3 is 19.9 Å². The Kier molecular flexibility index (Phi) is 4.43. The molecule has 0 bridgehead atoms. The van der Waals surface area contributed by atoms with Gasteiger partial charge in [0.15, 0.2) is 0 Å². The molecule has 2 amide bonds. The van der Waals surface area contributed by atoms with Crippen LogP contribution in [-0.4, -0.2) is 41.9 Å². The first kappa shape index (κ1) is 14.4. The van der Waals surface area contributed by atoms with Crippen LogP contribution in [-0.2, 0) is 17.7 Å². The molecule has 6 heteroatoms.